The number of ketones is 1. The van der Waals surface area contributed by atoms with E-state index in [1.54, 1.807) is 29.5 Å². The summed E-state index contributed by atoms with van der Waals surface area (Å²) < 4.78 is 11.0. The monoisotopic (exact) mass is 443 g/mol. The highest BCUT2D eigenvalue weighted by molar-refractivity contribution is 7.12. The minimum absolute atomic E-state index is 0.115. The van der Waals surface area contributed by atoms with Gasteiger partial charge in [-0.1, -0.05) is 32.0 Å². The van der Waals surface area contributed by atoms with Crippen LogP contribution in [0.3, 0.4) is 0 Å². The summed E-state index contributed by atoms with van der Waals surface area (Å²) in [6, 6.07) is 10.2. The molecule has 2 aromatic rings. The Morgan fingerprint density at radius 2 is 2.03 bits per heavy atom. The average molecular weight is 444 g/mol. The highest BCUT2D eigenvalue weighted by atomic mass is 32.1. The van der Waals surface area contributed by atoms with Gasteiger partial charge in [0, 0.05) is 20.3 Å². The average Bonchev–Trinajstić information content (AvgIpc) is 3.36. The van der Waals surface area contributed by atoms with Gasteiger partial charge in [-0.25, -0.2) is 0 Å². The molecule has 7 heteroatoms. The Hall–Kier alpha value is -2.64. The lowest BCUT2D eigenvalue weighted by molar-refractivity contribution is -0.129. The Labute approximate surface area is 187 Å². The molecule has 1 aliphatic heterocycles. The molecule has 0 fully saturated rings. The van der Waals surface area contributed by atoms with E-state index in [1.807, 2.05) is 24.3 Å². The normalized spacial score (nSPS) is 16.5. The lowest BCUT2D eigenvalue weighted by Crippen LogP contribution is -2.32. The van der Waals surface area contributed by atoms with Crippen molar-refractivity contribution in [2.75, 3.05) is 26.9 Å². The summed E-state index contributed by atoms with van der Waals surface area (Å²) >= 11 is 1.29. The van der Waals surface area contributed by atoms with Crippen LogP contribution in [-0.4, -0.2) is 48.6 Å². The molecule has 0 aliphatic carbocycles. The van der Waals surface area contributed by atoms with Gasteiger partial charge < -0.3 is 19.5 Å². The second kappa shape index (κ2) is 10.6. The molecule has 0 spiro atoms. The molecule has 1 amide bonds. The van der Waals surface area contributed by atoms with Crippen LogP contribution >= 0.6 is 11.3 Å². The molecular formula is C24H29NO5S. The molecule has 0 radical (unpaired) electrons. The molecule has 6 nitrogen and oxygen atoms in total. The van der Waals surface area contributed by atoms with Gasteiger partial charge in [-0.3, -0.25) is 9.59 Å². The maximum absolute atomic E-state index is 13.2. The number of hydrogen-bond acceptors (Lipinski definition) is 6. The minimum Gasteiger partial charge on any atom is -0.503 e. The van der Waals surface area contributed by atoms with Crippen LogP contribution in [-0.2, 0) is 9.53 Å². The molecule has 1 aromatic carbocycles. The van der Waals surface area contributed by atoms with E-state index >= 15 is 0 Å². The van der Waals surface area contributed by atoms with Gasteiger partial charge >= 0.3 is 0 Å². The third-order valence-corrected chi connectivity index (χ3v) is 6.05. The highest BCUT2D eigenvalue weighted by Crippen LogP contribution is 2.40. The zero-order valence-electron chi connectivity index (χ0n) is 18.2. The van der Waals surface area contributed by atoms with Gasteiger partial charge in [0.05, 0.1) is 23.1 Å². The summed E-state index contributed by atoms with van der Waals surface area (Å²) in [5, 5.41) is 12.5. The van der Waals surface area contributed by atoms with Crippen LogP contribution in [0.1, 0.15) is 48.0 Å². The van der Waals surface area contributed by atoms with Crippen LogP contribution in [0.5, 0.6) is 5.75 Å². The number of amides is 1. The van der Waals surface area contributed by atoms with Crippen molar-refractivity contribution in [3.05, 3.63) is 63.6 Å². The number of nitrogens with zero attached hydrogens (tertiary/aromatic N) is 1. The number of aliphatic hydroxyl groups excluding tert-OH is 1. The number of aliphatic hydroxyl groups is 1. The molecule has 1 atom stereocenters. The predicted octanol–water partition coefficient (Wildman–Crippen LogP) is 4.79. The fourth-order valence-corrected chi connectivity index (χ4v) is 4.25. The Bertz CT molecular complexity index is 935. The van der Waals surface area contributed by atoms with Crippen molar-refractivity contribution < 1.29 is 24.2 Å². The lowest BCUT2D eigenvalue weighted by Gasteiger charge is -2.27. The van der Waals surface area contributed by atoms with Crippen molar-refractivity contribution in [1.82, 2.24) is 4.90 Å². The van der Waals surface area contributed by atoms with Crippen molar-refractivity contribution in [1.29, 1.82) is 0 Å². The van der Waals surface area contributed by atoms with E-state index in [0.29, 0.717) is 42.7 Å². The fourth-order valence-electron chi connectivity index (χ4n) is 3.57. The largest absolute Gasteiger partial charge is 0.503 e. The minimum atomic E-state index is -0.674. The number of methoxy groups -OCH3 is 1. The smallest absolute Gasteiger partial charge is 0.290 e. The lowest BCUT2D eigenvalue weighted by atomic mass is 9.95. The third-order valence-electron chi connectivity index (χ3n) is 5.18. The first-order valence-corrected chi connectivity index (χ1v) is 11.4. The first-order chi connectivity index (χ1) is 14.9. The van der Waals surface area contributed by atoms with E-state index in [4.69, 9.17) is 9.47 Å². The maximum atomic E-state index is 13.2. The maximum Gasteiger partial charge on any atom is 0.290 e. The third kappa shape index (κ3) is 5.35. The Morgan fingerprint density at radius 1 is 1.23 bits per heavy atom. The van der Waals surface area contributed by atoms with Crippen LogP contribution in [0.2, 0.25) is 0 Å². The van der Waals surface area contributed by atoms with E-state index in [2.05, 4.69) is 13.8 Å². The number of benzene rings is 1. The molecule has 1 N–H and O–H groups in total. The second-order valence-electron chi connectivity index (χ2n) is 7.92. The molecular weight excluding hydrogens is 414 g/mol. The highest BCUT2D eigenvalue weighted by Gasteiger charge is 2.43. The fraction of sp³-hybridized carbons (Fsp3) is 0.417. The number of carbonyl (C=O) groups is 2. The first kappa shape index (κ1) is 23.0. The second-order valence-corrected chi connectivity index (χ2v) is 8.87. The van der Waals surface area contributed by atoms with Gasteiger partial charge in [0.25, 0.3) is 5.91 Å². The number of thiophene rings is 1. The molecule has 0 saturated carbocycles. The van der Waals surface area contributed by atoms with E-state index in [9.17, 15) is 14.7 Å². The van der Waals surface area contributed by atoms with Crippen LogP contribution < -0.4 is 4.74 Å². The number of hydrogen-bond donors (Lipinski definition) is 1. The summed E-state index contributed by atoms with van der Waals surface area (Å²) in [7, 11) is 1.60. The van der Waals surface area contributed by atoms with Gasteiger partial charge in [-0.15, -0.1) is 11.3 Å². The summed E-state index contributed by atoms with van der Waals surface area (Å²) in [5.41, 5.74) is 0.848. The van der Waals surface area contributed by atoms with Gasteiger partial charge in [-0.2, -0.15) is 0 Å². The van der Waals surface area contributed by atoms with E-state index < -0.39 is 17.7 Å². The Morgan fingerprint density at radius 3 is 2.71 bits per heavy atom. The van der Waals surface area contributed by atoms with Crippen molar-refractivity contribution in [2.24, 2.45) is 5.92 Å². The van der Waals surface area contributed by atoms with Gasteiger partial charge in [0.2, 0.25) is 5.78 Å². The zero-order chi connectivity index (χ0) is 22.4. The van der Waals surface area contributed by atoms with Crippen LogP contribution in [0.4, 0.5) is 0 Å². The van der Waals surface area contributed by atoms with Gasteiger partial charge in [-0.05, 0) is 47.9 Å². The number of rotatable bonds is 11. The van der Waals surface area contributed by atoms with Crippen molar-refractivity contribution in [3.63, 3.8) is 0 Å². The standard InChI is InChI=1S/C24H29NO5S/c1-16(2)10-13-30-18-8-4-7-17(15-18)21-20(22(26)19-9-5-14-31-19)23(27)24(28)25(21)11-6-12-29-3/h4-5,7-9,14-16,21,27H,6,10-13H2,1-3H3. The summed E-state index contributed by atoms with van der Waals surface area (Å²) in [6.45, 7) is 5.70. The first-order valence-electron chi connectivity index (χ1n) is 10.5. The van der Waals surface area contributed by atoms with Crippen molar-refractivity contribution >= 4 is 23.0 Å². The molecule has 1 aromatic heterocycles. The quantitative estimate of drug-likeness (QED) is 0.399. The molecule has 3 rings (SSSR count). The van der Waals surface area contributed by atoms with Crippen molar-refractivity contribution in [2.45, 2.75) is 32.7 Å². The summed E-state index contributed by atoms with van der Waals surface area (Å²) in [6.07, 6.45) is 1.52. The SMILES string of the molecule is COCCCN1C(=O)C(O)=C(C(=O)c2cccs2)C1c1cccc(OCCC(C)C)c1. The molecule has 0 bridgehead atoms. The van der Waals surface area contributed by atoms with Gasteiger partial charge in [0.1, 0.15) is 5.75 Å². The van der Waals surface area contributed by atoms with Crippen LogP contribution in [0, 0.1) is 5.92 Å². The number of ether oxygens (including phenoxy) is 2. The topological polar surface area (TPSA) is 76.1 Å². The Kier molecular flexibility index (Phi) is 7.87. The van der Waals surface area contributed by atoms with Crippen LogP contribution in [0.15, 0.2) is 53.1 Å². The summed E-state index contributed by atoms with van der Waals surface area (Å²) in [5.74, 6) is -0.135. The molecule has 166 valence electrons. The zero-order valence-corrected chi connectivity index (χ0v) is 19.0. The molecule has 0 saturated heterocycles. The van der Waals surface area contributed by atoms with Gasteiger partial charge in [0.15, 0.2) is 5.76 Å². The predicted molar refractivity (Wildman–Crippen MR) is 121 cm³/mol. The molecule has 31 heavy (non-hydrogen) atoms. The van der Waals surface area contributed by atoms with Crippen molar-refractivity contribution in [3.8, 4) is 5.75 Å². The van der Waals surface area contributed by atoms with Crippen LogP contribution in [0.25, 0.3) is 0 Å². The molecule has 1 unspecified atom stereocenters. The molecule has 1 aliphatic rings. The Balaban J connectivity index is 1.95. The number of Topliss-reactive ketones (excluding diaryl/α,β-unsaturated/α-hetero) is 1. The summed E-state index contributed by atoms with van der Waals surface area (Å²) in [4.78, 5) is 28.1. The molecule has 2 heterocycles. The van der Waals surface area contributed by atoms with E-state index in [0.717, 1.165) is 12.0 Å². The number of carbonyl (C=O) groups excluding carboxylic acids is 2. The van der Waals surface area contributed by atoms with E-state index in [-0.39, 0.29) is 11.4 Å². The van der Waals surface area contributed by atoms with E-state index in [1.165, 1.54) is 11.3 Å².